The molecule has 0 bridgehead atoms. The molecule has 5 nitrogen and oxygen atoms in total. The van der Waals surface area contributed by atoms with Crippen LogP contribution in [0.25, 0.3) is 0 Å². The number of halogens is 1. The van der Waals surface area contributed by atoms with Crippen LogP contribution in [-0.4, -0.2) is 34.5 Å². The van der Waals surface area contributed by atoms with Crippen LogP contribution in [0, 0.1) is 0 Å². The van der Waals surface area contributed by atoms with Gasteiger partial charge in [0, 0.05) is 11.6 Å². The first-order valence-corrected chi connectivity index (χ1v) is 6.94. The van der Waals surface area contributed by atoms with E-state index in [1.807, 2.05) is 0 Å². The smallest absolute Gasteiger partial charge is 0.323 e. The monoisotopic (exact) mass is 296 g/mol. The molecule has 1 amide bonds. The second kappa shape index (κ2) is 6.13. The number of rotatable bonds is 4. The lowest BCUT2D eigenvalue weighted by Gasteiger charge is -2.27. The molecule has 1 fully saturated rings. The van der Waals surface area contributed by atoms with E-state index in [9.17, 15) is 9.59 Å². The molecule has 2 rings (SSSR count). The van der Waals surface area contributed by atoms with Crippen molar-refractivity contribution in [2.45, 2.75) is 31.7 Å². The van der Waals surface area contributed by atoms with E-state index >= 15 is 0 Å². The summed E-state index contributed by atoms with van der Waals surface area (Å²) in [5, 5.41) is 9.38. The summed E-state index contributed by atoms with van der Waals surface area (Å²) in [6.45, 7) is -0.286. The molecule has 0 radical (unpaired) electrons. The Morgan fingerprint density at radius 3 is 2.55 bits per heavy atom. The molecule has 1 aliphatic carbocycles. The molecule has 0 unspecified atom stereocenters. The van der Waals surface area contributed by atoms with Gasteiger partial charge in [0.15, 0.2) is 0 Å². The fourth-order valence-electron chi connectivity index (χ4n) is 2.57. The zero-order valence-corrected chi connectivity index (χ0v) is 11.8. The molecule has 108 valence electrons. The molecule has 0 heterocycles. The first kappa shape index (κ1) is 14.7. The second-order valence-corrected chi connectivity index (χ2v) is 5.41. The highest BCUT2D eigenvalue weighted by atomic mass is 35.5. The van der Waals surface area contributed by atoms with E-state index in [4.69, 9.17) is 22.4 Å². The largest absolute Gasteiger partial charge is 0.480 e. The Labute approximate surface area is 122 Å². The zero-order valence-electron chi connectivity index (χ0n) is 11.0. The summed E-state index contributed by atoms with van der Waals surface area (Å²) in [6, 6.07) is 4.62. The van der Waals surface area contributed by atoms with Crippen molar-refractivity contribution in [3.8, 4) is 0 Å². The molecule has 0 saturated heterocycles. The lowest BCUT2D eigenvalue weighted by molar-refractivity contribution is -0.138. The maximum Gasteiger partial charge on any atom is 0.323 e. The molecule has 1 saturated carbocycles. The van der Waals surface area contributed by atoms with Crippen molar-refractivity contribution >= 4 is 29.2 Å². The molecule has 1 aliphatic rings. The van der Waals surface area contributed by atoms with Crippen LogP contribution in [-0.2, 0) is 4.79 Å². The summed E-state index contributed by atoms with van der Waals surface area (Å²) >= 11 is 5.83. The van der Waals surface area contributed by atoms with Crippen LogP contribution in [0.5, 0.6) is 0 Å². The molecule has 0 aromatic heterocycles. The highest BCUT2D eigenvalue weighted by molar-refractivity contribution is 6.33. The van der Waals surface area contributed by atoms with Gasteiger partial charge in [0.05, 0.1) is 10.7 Å². The van der Waals surface area contributed by atoms with E-state index in [2.05, 4.69) is 0 Å². The number of nitrogen functional groups attached to an aromatic ring is 1. The van der Waals surface area contributed by atoms with Gasteiger partial charge in [0.1, 0.15) is 6.54 Å². The Morgan fingerprint density at radius 2 is 2.00 bits per heavy atom. The van der Waals surface area contributed by atoms with Gasteiger partial charge in [0.25, 0.3) is 5.91 Å². The average molecular weight is 297 g/mol. The third kappa shape index (κ3) is 3.22. The number of carboxylic acid groups (broad SMARTS) is 1. The average Bonchev–Trinajstić information content (AvgIpc) is 2.92. The van der Waals surface area contributed by atoms with Crippen molar-refractivity contribution in [3.63, 3.8) is 0 Å². The number of benzene rings is 1. The van der Waals surface area contributed by atoms with Crippen molar-refractivity contribution in [2.75, 3.05) is 12.3 Å². The quantitative estimate of drug-likeness (QED) is 0.836. The number of carboxylic acids is 1. The fraction of sp³-hybridized carbons (Fsp3) is 0.429. The number of anilines is 1. The van der Waals surface area contributed by atoms with Crippen LogP contribution < -0.4 is 5.73 Å². The van der Waals surface area contributed by atoms with Gasteiger partial charge < -0.3 is 15.7 Å². The van der Waals surface area contributed by atoms with Gasteiger partial charge in [-0.15, -0.1) is 0 Å². The normalized spacial score (nSPS) is 15.2. The molecule has 1 aromatic carbocycles. The van der Waals surface area contributed by atoms with Crippen LogP contribution >= 0.6 is 11.6 Å². The lowest BCUT2D eigenvalue weighted by atomic mass is 10.1. The second-order valence-electron chi connectivity index (χ2n) is 5.00. The molecule has 1 aromatic rings. The van der Waals surface area contributed by atoms with Gasteiger partial charge in [-0.2, -0.15) is 0 Å². The van der Waals surface area contributed by atoms with Gasteiger partial charge in [-0.1, -0.05) is 24.4 Å². The van der Waals surface area contributed by atoms with Crippen LogP contribution in [0.1, 0.15) is 36.0 Å². The van der Waals surface area contributed by atoms with Crippen molar-refractivity contribution in [1.29, 1.82) is 0 Å². The molecule has 3 N–H and O–H groups in total. The lowest BCUT2D eigenvalue weighted by Crippen LogP contribution is -2.42. The van der Waals surface area contributed by atoms with E-state index in [0.29, 0.717) is 16.3 Å². The van der Waals surface area contributed by atoms with Gasteiger partial charge in [0.2, 0.25) is 0 Å². The van der Waals surface area contributed by atoms with Gasteiger partial charge in [-0.3, -0.25) is 9.59 Å². The molecule has 0 spiro atoms. The SMILES string of the molecule is Nc1cc(C(=O)N(CC(=O)O)C2CCCC2)ccc1Cl. The van der Waals surface area contributed by atoms with Crippen molar-refractivity contribution < 1.29 is 14.7 Å². The minimum atomic E-state index is -1.01. The molecule has 0 aliphatic heterocycles. The van der Waals surface area contributed by atoms with Crippen molar-refractivity contribution in [3.05, 3.63) is 28.8 Å². The zero-order chi connectivity index (χ0) is 14.7. The Hall–Kier alpha value is -1.75. The number of amides is 1. The van der Waals surface area contributed by atoms with Crippen molar-refractivity contribution in [1.82, 2.24) is 4.90 Å². The highest BCUT2D eigenvalue weighted by Crippen LogP contribution is 2.26. The molecular weight excluding hydrogens is 280 g/mol. The van der Waals surface area contributed by atoms with Crippen LogP contribution in [0.2, 0.25) is 5.02 Å². The van der Waals surface area contributed by atoms with Crippen LogP contribution in [0.15, 0.2) is 18.2 Å². The topological polar surface area (TPSA) is 83.6 Å². The summed E-state index contributed by atoms with van der Waals surface area (Å²) in [5.74, 6) is -1.31. The summed E-state index contributed by atoms with van der Waals surface area (Å²) in [6.07, 6.45) is 3.75. The number of aliphatic carboxylic acids is 1. The van der Waals surface area contributed by atoms with Gasteiger partial charge >= 0.3 is 5.97 Å². The van der Waals surface area contributed by atoms with E-state index in [-0.39, 0.29) is 18.5 Å². The third-order valence-corrected chi connectivity index (χ3v) is 3.92. The fourth-order valence-corrected chi connectivity index (χ4v) is 2.69. The highest BCUT2D eigenvalue weighted by Gasteiger charge is 2.29. The predicted octanol–water partition coefficient (Wildman–Crippen LogP) is 2.39. The van der Waals surface area contributed by atoms with Crippen molar-refractivity contribution in [2.24, 2.45) is 0 Å². The summed E-state index contributed by atoms with van der Waals surface area (Å²) in [5.41, 5.74) is 6.39. The Morgan fingerprint density at radius 1 is 1.35 bits per heavy atom. The Kier molecular flexibility index (Phi) is 4.49. The van der Waals surface area contributed by atoms with Gasteiger partial charge in [-0.05, 0) is 31.0 Å². The minimum absolute atomic E-state index is 0.00416. The molecule has 0 atom stereocenters. The standard InChI is InChI=1S/C14H17ClN2O3/c15-11-6-5-9(7-12(11)16)14(20)17(8-13(18)19)10-3-1-2-4-10/h5-7,10H,1-4,8,16H2,(H,18,19). The number of hydrogen-bond acceptors (Lipinski definition) is 3. The summed E-state index contributed by atoms with van der Waals surface area (Å²) in [4.78, 5) is 24.9. The molecular formula is C14H17ClN2O3. The van der Waals surface area contributed by atoms with E-state index in [0.717, 1.165) is 25.7 Å². The van der Waals surface area contributed by atoms with E-state index in [1.54, 1.807) is 12.1 Å². The summed E-state index contributed by atoms with van der Waals surface area (Å²) < 4.78 is 0. The van der Waals surface area contributed by atoms with Crippen LogP contribution in [0.4, 0.5) is 5.69 Å². The number of hydrogen-bond donors (Lipinski definition) is 2. The van der Waals surface area contributed by atoms with Gasteiger partial charge in [-0.25, -0.2) is 0 Å². The van der Waals surface area contributed by atoms with Crippen LogP contribution in [0.3, 0.4) is 0 Å². The maximum atomic E-state index is 12.5. The minimum Gasteiger partial charge on any atom is -0.480 e. The Balaban J connectivity index is 2.24. The Bertz CT molecular complexity index is 527. The van der Waals surface area contributed by atoms with E-state index < -0.39 is 5.97 Å². The maximum absolute atomic E-state index is 12.5. The number of nitrogens with two attached hydrogens (primary N) is 1. The number of nitrogens with zero attached hydrogens (tertiary/aromatic N) is 1. The summed E-state index contributed by atoms with van der Waals surface area (Å²) in [7, 11) is 0. The first-order valence-electron chi connectivity index (χ1n) is 6.57. The van der Waals surface area contributed by atoms with E-state index in [1.165, 1.54) is 11.0 Å². The first-order chi connectivity index (χ1) is 9.49. The number of carbonyl (C=O) groups excluding carboxylic acids is 1. The third-order valence-electron chi connectivity index (χ3n) is 3.57. The predicted molar refractivity (Wildman–Crippen MR) is 76.8 cm³/mol. The molecule has 20 heavy (non-hydrogen) atoms. The number of carbonyl (C=O) groups is 2. The molecule has 6 heteroatoms.